The van der Waals surface area contributed by atoms with Crippen molar-refractivity contribution in [2.45, 2.75) is 112 Å². The summed E-state index contributed by atoms with van der Waals surface area (Å²) in [4.78, 5) is 8.35. The molecule has 0 radical (unpaired) electrons. The second-order valence-corrected chi connectivity index (χ2v) is 12.6. The highest BCUT2D eigenvalue weighted by Gasteiger charge is 2.92. The van der Waals surface area contributed by atoms with Crippen molar-refractivity contribution in [2.24, 2.45) is 0 Å². The molecule has 2 aromatic rings. The lowest BCUT2D eigenvalue weighted by atomic mass is 9.97. The first-order valence-corrected chi connectivity index (χ1v) is 16.9. The summed E-state index contributed by atoms with van der Waals surface area (Å²) in [6, 6.07) is 5.94. The van der Waals surface area contributed by atoms with Gasteiger partial charge < -0.3 is 14.2 Å². The number of halogens is 23. The molecule has 0 saturated carbocycles. The molecule has 62 heavy (non-hydrogen) atoms. The highest BCUT2D eigenvalue weighted by Crippen LogP contribution is 2.62. The lowest BCUT2D eigenvalue weighted by molar-refractivity contribution is -0.556. The van der Waals surface area contributed by atoms with Crippen LogP contribution in [0.25, 0.3) is 11.4 Å². The summed E-state index contributed by atoms with van der Waals surface area (Å²) in [5.74, 6) is -48.0. The van der Waals surface area contributed by atoms with Gasteiger partial charge in [-0.05, 0) is 43.5 Å². The van der Waals surface area contributed by atoms with Gasteiger partial charge in [0.15, 0.2) is 11.6 Å². The van der Waals surface area contributed by atoms with Crippen LogP contribution in [-0.4, -0.2) is 103 Å². The number of ether oxygens (including phenoxy) is 5. The fourth-order valence-electron chi connectivity index (χ4n) is 4.28. The molecule has 30 heteroatoms. The Morgan fingerprint density at radius 1 is 0.435 bits per heavy atom. The number of nitrogens with zero attached hydrogens (tertiary/aromatic N) is 2. The normalized spacial score (nSPS) is 14.6. The van der Waals surface area contributed by atoms with Crippen LogP contribution in [0, 0.1) is 0 Å². The maximum Gasteiger partial charge on any atom is 0.460 e. The van der Waals surface area contributed by atoms with Crippen molar-refractivity contribution >= 4 is 0 Å². The SMILES string of the molecule is CCCCCCOc1cnc(-c2ccc(OCCCCOCC(F)(F)C(F)(F)C(F)(F)OC(F)(F)C(F)(F)OC(F)(F)C(F)(F)C(F)(F)C(F)(F)C(F)(F)C(F)(F)F)cc2)nc1. The molecule has 1 aromatic heterocycles. The lowest BCUT2D eigenvalue weighted by Crippen LogP contribution is -2.71. The Labute approximate surface area is 332 Å². The molecule has 0 unspecified atom stereocenters. The summed E-state index contributed by atoms with van der Waals surface area (Å²) in [5.41, 5.74) is 0.529. The number of alkyl halides is 23. The minimum absolute atomic E-state index is 0.148. The Kier molecular flexibility index (Phi) is 16.7. The number of unbranched alkanes of at least 4 members (excludes halogenated alkanes) is 4. The molecule has 0 spiro atoms. The van der Waals surface area contributed by atoms with E-state index in [4.69, 9.17) is 9.47 Å². The summed E-state index contributed by atoms with van der Waals surface area (Å²) in [6.45, 7) is -1.62. The van der Waals surface area contributed by atoms with Crippen molar-refractivity contribution in [2.75, 3.05) is 26.4 Å². The second-order valence-electron chi connectivity index (χ2n) is 12.6. The van der Waals surface area contributed by atoms with E-state index in [0.717, 1.165) is 30.4 Å². The van der Waals surface area contributed by atoms with E-state index in [-0.39, 0.29) is 18.8 Å². The molecule has 1 aromatic carbocycles. The van der Waals surface area contributed by atoms with E-state index in [2.05, 4.69) is 21.6 Å². The topological polar surface area (TPSA) is 71.9 Å². The minimum Gasteiger partial charge on any atom is -0.494 e. The van der Waals surface area contributed by atoms with Gasteiger partial charge in [0.05, 0.1) is 25.6 Å². The standard InChI is InChI=1S/C32H29F23N2O5/c1-2-3-4-5-13-60-20-15-56-21(57-16-20)18-8-10-19(11-9-18)59-14-7-6-12-58-17-22(33,34)23(35,36)29(48,49)61-31(52,53)32(54,55)62-30(50,51)27(43,44)25(39,40)24(37,38)26(41,42)28(45,46)47/h8-11,15-16H,2-7,12-14,17H2,1H3. The Balaban J connectivity index is 1.98. The third-order valence-electron chi connectivity index (χ3n) is 7.82. The molecule has 0 aliphatic rings. The summed E-state index contributed by atoms with van der Waals surface area (Å²) in [6.07, 6.45) is -34.3. The molecule has 7 nitrogen and oxygen atoms in total. The van der Waals surface area contributed by atoms with Crippen LogP contribution in [0.5, 0.6) is 11.5 Å². The third kappa shape index (κ3) is 11.5. The van der Waals surface area contributed by atoms with Crippen molar-refractivity contribution in [1.29, 1.82) is 0 Å². The Bertz CT molecular complexity index is 1710. The van der Waals surface area contributed by atoms with Crippen LogP contribution >= 0.6 is 0 Å². The fourth-order valence-corrected chi connectivity index (χ4v) is 4.28. The molecule has 0 aliphatic heterocycles. The number of aromatic nitrogens is 2. The van der Waals surface area contributed by atoms with E-state index in [9.17, 15) is 101 Å². The van der Waals surface area contributed by atoms with Crippen LogP contribution in [0.4, 0.5) is 101 Å². The maximum absolute atomic E-state index is 14.0. The van der Waals surface area contributed by atoms with Gasteiger partial charge in [0.25, 0.3) is 0 Å². The fraction of sp³-hybridized carbons (Fsp3) is 0.688. The van der Waals surface area contributed by atoms with Crippen LogP contribution in [0.3, 0.4) is 0 Å². The van der Waals surface area contributed by atoms with Crippen molar-refractivity contribution in [3.05, 3.63) is 36.7 Å². The molecule has 1 heterocycles. The van der Waals surface area contributed by atoms with E-state index < -0.39 is 85.8 Å². The zero-order chi connectivity index (χ0) is 48.1. The van der Waals surface area contributed by atoms with Gasteiger partial charge in [0, 0.05) is 12.2 Å². The van der Waals surface area contributed by atoms with Gasteiger partial charge in [-0.2, -0.15) is 101 Å². The molecule has 0 amide bonds. The first kappa shape index (κ1) is 54.3. The van der Waals surface area contributed by atoms with Gasteiger partial charge in [-0.1, -0.05) is 26.2 Å². The Hall–Kier alpha value is -3.83. The molecule has 0 bridgehead atoms. The summed E-state index contributed by atoms with van der Waals surface area (Å²) in [5, 5.41) is 0. The van der Waals surface area contributed by atoms with Gasteiger partial charge >= 0.3 is 66.1 Å². The first-order valence-electron chi connectivity index (χ1n) is 16.9. The van der Waals surface area contributed by atoms with Gasteiger partial charge in [-0.15, -0.1) is 0 Å². The largest absolute Gasteiger partial charge is 0.494 e. The molecular formula is C32H29F23N2O5. The smallest absolute Gasteiger partial charge is 0.460 e. The van der Waals surface area contributed by atoms with Gasteiger partial charge in [-0.3, -0.25) is 0 Å². The minimum atomic E-state index is -8.93. The average Bonchev–Trinajstić information content (AvgIpc) is 3.13. The molecule has 0 N–H and O–H groups in total. The molecule has 0 atom stereocenters. The number of rotatable bonds is 26. The van der Waals surface area contributed by atoms with Gasteiger partial charge in [0.1, 0.15) is 12.4 Å². The lowest BCUT2D eigenvalue weighted by Gasteiger charge is -2.40. The molecule has 0 saturated heterocycles. The van der Waals surface area contributed by atoms with Crippen molar-refractivity contribution in [1.82, 2.24) is 9.97 Å². The van der Waals surface area contributed by atoms with E-state index in [1.807, 2.05) is 0 Å². The third-order valence-corrected chi connectivity index (χ3v) is 7.82. The van der Waals surface area contributed by atoms with Crippen LogP contribution in [0.2, 0.25) is 0 Å². The molecule has 2 rings (SSSR count). The van der Waals surface area contributed by atoms with Crippen molar-refractivity contribution in [3.8, 4) is 22.9 Å². The maximum atomic E-state index is 14.0. The van der Waals surface area contributed by atoms with Crippen LogP contribution in [0.1, 0.15) is 45.4 Å². The quantitative estimate of drug-likeness (QED) is 0.0687. The molecule has 0 aliphatic carbocycles. The van der Waals surface area contributed by atoms with Crippen molar-refractivity contribution in [3.63, 3.8) is 0 Å². The van der Waals surface area contributed by atoms with Gasteiger partial charge in [0.2, 0.25) is 0 Å². The van der Waals surface area contributed by atoms with E-state index in [1.54, 1.807) is 0 Å². The second kappa shape index (κ2) is 19.1. The summed E-state index contributed by atoms with van der Waals surface area (Å²) < 4.78 is 326. The number of hydrogen-bond donors (Lipinski definition) is 0. The average molecular weight is 959 g/mol. The Morgan fingerprint density at radius 2 is 0.855 bits per heavy atom. The summed E-state index contributed by atoms with van der Waals surface area (Å²) >= 11 is 0. The van der Waals surface area contributed by atoms with E-state index in [0.29, 0.717) is 23.7 Å². The van der Waals surface area contributed by atoms with Crippen LogP contribution < -0.4 is 9.47 Å². The highest BCUT2D eigenvalue weighted by atomic mass is 19.4. The zero-order valence-corrected chi connectivity index (χ0v) is 30.7. The molecule has 358 valence electrons. The molecular weight excluding hydrogens is 929 g/mol. The highest BCUT2D eigenvalue weighted by molar-refractivity contribution is 5.56. The van der Waals surface area contributed by atoms with Gasteiger partial charge in [-0.25, -0.2) is 19.4 Å². The predicted molar refractivity (Wildman–Crippen MR) is 160 cm³/mol. The number of benzene rings is 1. The zero-order valence-electron chi connectivity index (χ0n) is 30.7. The van der Waals surface area contributed by atoms with Crippen molar-refractivity contribution < 1.29 is 125 Å². The first-order chi connectivity index (χ1) is 27.9. The van der Waals surface area contributed by atoms with Crippen LogP contribution in [-0.2, 0) is 14.2 Å². The predicted octanol–water partition coefficient (Wildman–Crippen LogP) is 12.1. The number of hydrogen-bond acceptors (Lipinski definition) is 7. The Morgan fingerprint density at radius 3 is 1.32 bits per heavy atom. The molecule has 0 fully saturated rings. The van der Waals surface area contributed by atoms with E-state index >= 15 is 0 Å². The van der Waals surface area contributed by atoms with Crippen LogP contribution in [0.15, 0.2) is 36.7 Å². The van der Waals surface area contributed by atoms with E-state index in [1.165, 1.54) is 41.4 Å². The summed E-state index contributed by atoms with van der Waals surface area (Å²) in [7, 11) is 0. The monoisotopic (exact) mass is 958 g/mol.